The SMILES string of the molecule is Cc1ccc(S(=O)(=O)Nc2ccc3c(c2)C(=O)N(CC2CCCO2)C3=O)cc1. The Morgan fingerprint density at radius 3 is 2.46 bits per heavy atom. The van der Waals surface area contributed by atoms with Crippen LogP contribution in [0, 0.1) is 6.92 Å². The maximum Gasteiger partial charge on any atom is 0.261 e. The largest absolute Gasteiger partial charge is 0.376 e. The Hall–Kier alpha value is -2.71. The second-order valence-electron chi connectivity index (χ2n) is 7.03. The molecule has 0 aliphatic carbocycles. The predicted molar refractivity (Wildman–Crippen MR) is 103 cm³/mol. The van der Waals surface area contributed by atoms with Crippen molar-refractivity contribution < 1.29 is 22.7 Å². The van der Waals surface area contributed by atoms with Crippen LogP contribution in [0.2, 0.25) is 0 Å². The van der Waals surface area contributed by atoms with E-state index in [0.29, 0.717) is 6.61 Å². The predicted octanol–water partition coefficient (Wildman–Crippen LogP) is 2.57. The third-order valence-corrected chi connectivity index (χ3v) is 6.36. The lowest BCUT2D eigenvalue weighted by Gasteiger charge is -2.17. The lowest BCUT2D eigenvalue weighted by atomic mass is 10.1. The van der Waals surface area contributed by atoms with Crippen molar-refractivity contribution in [2.45, 2.75) is 30.8 Å². The monoisotopic (exact) mass is 400 g/mol. The minimum Gasteiger partial charge on any atom is -0.376 e. The molecule has 1 saturated heterocycles. The Morgan fingerprint density at radius 2 is 1.79 bits per heavy atom. The third kappa shape index (κ3) is 3.41. The fourth-order valence-electron chi connectivity index (χ4n) is 3.44. The van der Waals surface area contributed by atoms with Crippen molar-refractivity contribution in [3.63, 3.8) is 0 Å². The zero-order valence-corrected chi connectivity index (χ0v) is 16.2. The molecule has 0 saturated carbocycles. The van der Waals surface area contributed by atoms with E-state index >= 15 is 0 Å². The van der Waals surface area contributed by atoms with Gasteiger partial charge in [0.2, 0.25) is 0 Å². The number of sulfonamides is 1. The summed E-state index contributed by atoms with van der Waals surface area (Å²) in [6, 6.07) is 10.8. The maximum absolute atomic E-state index is 12.7. The number of aryl methyl sites for hydroxylation is 1. The van der Waals surface area contributed by atoms with Crippen LogP contribution in [0.5, 0.6) is 0 Å². The summed E-state index contributed by atoms with van der Waals surface area (Å²) < 4.78 is 33.1. The van der Waals surface area contributed by atoms with E-state index < -0.39 is 15.9 Å². The number of ether oxygens (including phenoxy) is 1. The van der Waals surface area contributed by atoms with Gasteiger partial charge in [0.05, 0.1) is 28.7 Å². The number of amides is 2. The number of benzene rings is 2. The van der Waals surface area contributed by atoms with E-state index in [-0.39, 0.29) is 40.3 Å². The van der Waals surface area contributed by atoms with Crippen molar-refractivity contribution in [1.29, 1.82) is 0 Å². The highest BCUT2D eigenvalue weighted by Crippen LogP contribution is 2.28. The van der Waals surface area contributed by atoms with Gasteiger partial charge in [0.25, 0.3) is 21.8 Å². The number of nitrogens with zero attached hydrogens (tertiary/aromatic N) is 1. The molecule has 146 valence electrons. The first-order chi connectivity index (χ1) is 13.3. The minimum absolute atomic E-state index is 0.126. The first kappa shape index (κ1) is 18.6. The molecule has 0 aromatic heterocycles. The quantitative estimate of drug-likeness (QED) is 0.779. The standard InChI is InChI=1S/C20H20N2O5S/c1-13-4-7-16(8-5-13)28(25,26)21-14-6-9-17-18(11-14)20(24)22(19(17)23)12-15-3-2-10-27-15/h4-9,11,15,21H,2-3,10,12H2,1H3. The van der Waals surface area contributed by atoms with Crippen LogP contribution < -0.4 is 4.72 Å². The Balaban J connectivity index is 1.57. The number of fused-ring (bicyclic) bond motifs is 1. The zero-order valence-electron chi connectivity index (χ0n) is 15.3. The van der Waals surface area contributed by atoms with Crippen LogP contribution in [0.3, 0.4) is 0 Å². The zero-order chi connectivity index (χ0) is 19.9. The number of carbonyl (C=O) groups is 2. The molecule has 8 heteroatoms. The number of nitrogens with one attached hydrogen (secondary N) is 1. The van der Waals surface area contributed by atoms with Crippen LogP contribution in [-0.2, 0) is 14.8 Å². The molecule has 1 unspecified atom stereocenters. The van der Waals surface area contributed by atoms with Gasteiger partial charge >= 0.3 is 0 Å². The van der Waals surface area contributed by atoms with Crippen LogP contribution in [-0.4, -0.2) is 44.4 Å². The van der Waals surface area contributed by atoms with Gasteiger partial charge in [-0.25, -0.2) is 8.42 Å². The van der Waals surface area contributed by atoms with E-state index in [9.17, 15) is 18.0 Å². The highest BCUT2D eigenvalue weighted by atomic mass is 32.2. The number of carbonyl (C=O) groups excluding carboxylic acids is 2. The third-order valence-electron chi connectivity index (χ3n) is 4.96. The molecule has 28 heavy (non-hydrogen) atoms. The van der Waals surface area contributed by atoms with Gasteiger partial charge in [-0.15, -0.1) is 0 Å². The summed E-state index contributed by atoms with van der Waals surface area (Å²) in [5, 5.41) is 0. The lowest BCUT2D eigenvalue weighted by molar-refractivity contribution is 0.0475. The van der Waals surface area contributed by atoms with Crippen LogP contribution in [0.1, 0.15) is 39.1 Å². The van der Waals surface area contributed by atoms with Crippen molar-refractivity contribution in [3.05, 3.63) is 59.2 Å². The lowest BCUT2D eigenvalue weighted by Crippen LogP contribution is -2.36. The summed E-state index contributed by atoms with van der Waals surface area (Å²) >= 11 is 0. The van der Waals surface area contributed by atoms with Gasteiger partial charge in [0.1, 0.15) is 0 Å². The molecule has 2 aromatic rings. The van der Waals surface area contributed by atoms with E-state index in [2.05, 4.69) is 4.72 Å². The number of hydrogen-bond acceptors (Lipinski definition) is 5. The van der Waals surface area contributed by atoms with E-state index in [4.69, 9.17) is 4.74 Å². The number of rotatable bonds is 5. The summed E-state index contributed by atoms with van der Waals surface area (Å²) in [4.78, 5) is 26.6. The van der Waals surface area contributed by atoms with Crippen molar-refractivity contribution in [3.8, 4) is 0 Å². The summed E-state index contributed by atoms with van der Waals surface area (Å²) in [6.45, 7) is 2.73. The molecule has 2 aromatic carbocycles. The van der Waals surface area contributed by atoms with E-state index in [1.54, 1.807) is 12.1 Å². The normalized spacial score (nSPS) is 19.2. The molecule has 7 nitrogen and oxygen atoms in total. The number of hydrogen-bond donors (Lipinski definition) is 1. The molecule has 2 aliphatic rings. The maximum atomic E-state index is 12.7. The number of anilines is 1. The first-order valence-corrected chi connectivity index (χ1v) is 10.5. The van der Waals surface area contributed by atoms with E-state index in [0.717, 1.165) is 18.4 Å². The van der Waals surface area contributed by atoms with Gasteiger partial charge in [-0.05, 0) is 50.1 Å². The molecule has 4 rings (SSSR count). The Morgan fingerprint density at radius 1 is 1.07 bits per heavy atom. The molecule has 2 heterocycles. The van der Waals surface area contributed by atoms with Crippen molar-refractivity contribution in [2.75, 3.05) is 17.9 Å². The molecular formula is C20H20N2O5S. The van der Waals surface area contributed by atoms with Crippen LogP contribution >= 0.6 is 0 Å². The Bertz CT molecular complexity index is 1040. The molecule has 0 radical (unpaired) electrons. The fourth-order valence-corrected chi connectivity index (χ4v) is 4.49. The van der Waals surface area contributed by atoms with Crippen LogP contribution in [0.25, 0.3) is 0 Å². The summed E-state index contributed by atoms with van der Waals surface area (Å²) in [5.74, 6) is -0.796. The molecular weight excluding hydrogens is 380 g/mol. The van der Waals surface area contributed by atoms with Gasteiger partial charge < -0.3 is 4.74 Å². The van der Waals surface area contributed by atoms with Crippen LogP contribution in [0.4, 0.5) is 5.69 Å². The van der Waals surface area contributed by atoms with Crippen LogP contribution in [0.15, 0.2) is 47.4 Å². The van der Waals surface area contributed by atoms with E-state index in [1.807, 2.05) is 6.92 Å². The molecule has 1 atom stereocenters. The van der Waals surface area contributed by atoms with Gasteiger partial charge in [0, 0.05) is 12.3 Å². The van der Waals surface area contributed by atoms with Crippen molar-refractivity contribution >= 4 is 27.5 Å². The summed E-state index contributed by atoms with van der Waals surface area (Å²) in [6.07, 6.45) is 1.59. The highest BCUT2D eigenvalue weighted by Gasteiger charge is 2.37. The summed E-state index contributed by atoms with van der Waals surface area (Å²) in [7, 11) is -3.79. The Kier molecular flexibility index (Phi) is 4.68. The molecule has 1 N–H and O–H groups in total. The van der Waals surface area contributed by atoms with Crippen molar-refractivity contribution in [2.24, 2.45) is 0 Å². The molecule has 1 fully saturated rings. The van der Waals surface area contributed by atoms with Gasteiger partial charge in [-0.3, -0.25) is 19.2 Å². The van der Waals surface area contributed by atoms with Gasteiger partial charge in [-0.1, -0.05) is 17.7 Å². The first-order valence-electron chi connectivity index (χ1n) is 9.06. The second kappa shape index (κ2) is 7.03. The van der Waals surface area contributed by atoms with Crippen molar-refractivity contribution in [1.82, 2.24) is 4.90 Å². The topological polar surface area (TPSA) is 92.8 Å². The smallest absolute Gasteiger partial charge is 0.261 e. The summed E-state index contributed by atoms with van der Waals surface area (Å²) in [5.41, 5.74) is 1.67. The van der Waals surface area contributed by atoms with Gasteiger partial charge in [-0.2, -0.15) is 0 Å². The average molecular weight is 400 g/mol. The fraction of sp³-hybridized carbons (Fsp3) is 0.300. The number of imide groups is 1. The molecule has 2 aliphatic heterocycles. The van der Waals surface area contributed by atoms with Gasteiger partial charge in [0.15, 0.2) is 0 Å². The molecule has 0 bridgehead atoms. The van der Waals surface area contributed by atoms with E-state index in [1.165, 1.54) is 35.2 Å². The average Bonchev–Trinajstić information content (AvgIpc) is 3.25. The Labute approximate surface area is 163 Å². The molecule has 0 spiro atoms. The second-order valence-corrected chi connectivity index (χ2v) is 8.72. The molecule has 2 amide bonds. The highest BCUT2D eigenvalue weighted by molar-refractivity contribution is 7.92. The minimum atomic E-state index is -3.79.